The summed E-state index contributed by atoms with van der Waals surface area (Å²) in [7, 11) is 5.20. The molecule has 0 aromatic heterocycles. The van der Waals surface area contributed by atoms with Crippen LogP contribution in [0.1, 0.15) is 22.8 Å². The maximum Gasteiger partial charge on any atom is 0.279 e. The Morgan fingerprint density at radius 3 is 2.48 bits per heavy atom. The molecule has 1 unspecified atom stereocenters. The fraction of sp³-hybridized carbons (Fsp3) is 0.364. The van der Waals surface area contributed by atoms with Crippen LogP contribution >= 0.6 is 0 Å². The molecule has 0 fully saturated rings. The zero-order chi connectivity index (χ0) is 21.2. The van der Waals surface area contributed by atoms with Gasteiger partial charge in [0.2, 0.25) is 0 Å². The molecule has 2 amide bonds. The van der Waals surface area contributed by atoms with Crippen LogP contribution in [-0.4, -0.2) is 52.7 Å². The molecule has 0 spiro atoms. The summed E-state index contributed by atoms with van der Waals surface area (Å²) in [5.41, 5.74) is 2.27. The fourth-order valence-corrected chi connectivity index (χ4v) is 2.96. The third kappa shape index (κ3) is 6.80. The Labute approximate surface area is 172 Å². The number of carbonyl (C=O) groups is 2. The largest absolute Gasteiger partial charge is 0.493 e. The molecule has 156 valence electrons. The van der Waals surface area contributed by atoms with E-state index < -0.39 is 0 Å². The lowest BCUT2D eigenvalue weighted by Crippen LogP contribution is -3.10. The molecule has 0 aliphatic carbocycles. The minimum Gasteiger partial charge on any atom is -0.493 e. The van der Waals surface area contributed by atoms with Crippen LogP contribution in [0, 0.1) is 0 Å². The van der Waals surface area contributed by atoms with Crippen molar-refractivity contribution in [1.82, 2.24) is 5.32 Å². The predicted octanol–water partition coefficient (Wildman–Crippen LogP) is 1.15. The Morgan fingerprint density at radius 1 is 1.03 bits per heavy atom. The molecule has 1 atom stereocenters. The molecule has 2 rings (SSSR count). The standard InChI is InChI=1S/C22H29N3O4/c1-5-23-22(27)17-7-6-8-18(14-17)24-21(26)15-25(2)12-11-16-9-10-19(28-3)20(13-16)29-4/h6-10,13-14H,5,11-12,15H2,1-4H3,(H,23,27)(H,24,26)/p+1. The summed E-state index contributed by atoms with van der Waals surface area (Å²) in [4.78, 5) is 25.4. The van der Waals surface area contributed by atoms with Gasteiger partial charge < -0.3 is 25.0 Å². The van der Waals surface area contributed by atoms with E-state index in [1.54, 1.807) is 38.5 Å². The molecule has 0 aliphatic rings. The molecule has 7 heteroatoms. The third-order valence-electron chi connectivity index (χ3n) is 4.50. The van der Waals surface area contributed by atoms with E-state index in [0.717, 1.165) is 23.4 Å². The molecule has 0 heterocycles. The molecular weight excluding hydrogens is 370 g/mol. The highest BCUT2D eigenvalue weighted by atomic mass is 16.5. The van der Waals surface area contributed by atoms with Gasteiger partial charge in [0.25, 0.3) is 11.8 Å². The summed E-state index contributed by atoms with van der Waals surface area (Å²) >= 11 is 0. The number of hydrogen-bond acceptors (Lipinski definition) is 4. The van der Waals surface area contributed by atoms with E-state index in [-0.39, 0.29) is 11.8 Å². The van der Waals surface area contributed by atoms with Gasteiger partial charge >= 0.3 is 0 Å². The number of carbonyl (C=O) groups excluding carboxylic acids is 2. The first-order valence-corrected chi connectivity index (χ1v) is 9.67. The van der Waals surface area contributed by atoms with Crippen LogP contribution in [-0.2, 0) is 11.2 Å². The van der Waals surface area contributed by atoms with Gasteiger partial charge in [0.1, 0.15) is 0 Å². The van der Waals surface area contributed by atoms with Crippen LogP contribution in [0.5, 0.6) is 11.5 Å². The minimum atomic E-state index is -0.152. The summed E-state index contributed by atoms with van der Waals surface area (Å²) in [6.45, 7) is 3.55. The van der Waals surface area contributed by atoms with Crippen LogP contribution in [0.4, 0.5) is 5.69 Å². The minimum absolute atomic E-state index is 0.0946. The number of likely N-dealkylation sites (N-methyl/N-ethyl adjacent to an activating group) is 1. The van der Waals surface area contributed by atoms with Gasteiger partial charge in [-0.3, -0.25) is 9.59 Å². The van der Waals surface area contributed by atoms with E-state index in [0.29, 0.717) is 35.8 Å². The summed E-state index contributed by atoms with van der Waals surface area (Å²) in [5, 5.41) is 5.62. The van der Waals surface area contributed by atoms with Gasteiger partial charge in [-0.1, -0.05) is 12.1 Å². The Kier molecular flexibility index (Phi) is 8.48. The average Bonchev–Trinajstić information content (AvgIpc) is 2.72. The molecule has 0 radical (unpaired) electrons. The van der Waals surface area contributed by atoms with Gasteiger partial charge in [0.15, 0.2) is 18.0 Å². The van der Waals surface area contributed by atoms with Crippen molar-refractivity contribution in [3.05, 3.63) is 53.6 Å². The van der Waals surface area contributed by atoms with Gasteiger partial charge in [0, 0.05) is 24.2 Å². The number of amides is 2. The topological polar surface area (TPSA) is 81.1 Å². The van der Waals surface area contributed by atoms with Crippen molar-refractivity contribution in [2.45, 2.75) is 13.3 Å². The van der Waals surface area contributed by atoms with Crippen molar-refractivity contribution < 1.29 is 24.0 Å². The number of benzene rings is 2. The molecule has 2 aromatic rings. The molecule has 29 heavy (non-hydrogen) atoms. The van der Waals surface area contributed by atoms with Crippen molar-refractivity contribution in [2.75, 3.05) is 46.2 Å². The molecule has 3 N–H and O–H groups in total. The molecule has 0 saturated carbocycles. The number of nitrogens with one attached hydrogen (secondary N) is 3. The van der Waals surface area contributed by atoms with Crippen molar-refractivity contribution in [3.63, 3.8) is 0 Å². The number of quaternary nitrogens is 1. The van der Waals surface area contributed by atoms with E-state index in [2.05, 4.69) is 10.6 Å². The zero-order valence-corrected chi connectivity index (χ0v) is 17.5. The maximum absolute atomic E-state index is 12.4. The Bertz CT molecular complexity index is 839. The van der Waals surface area contributed by atoms with E-state index in [1.165, 1.54) is 0 Å². The van der Waals surface area contributed by atoms with E-state index in [1.807, 2.05) is 32.2 Å². The Hall–Kier alpha value is -3.06. The molecule has 2 aromatic carbocycles. The van der Waals surface area contributed by atoms with Crippen LogP contribution in [0.25, 0.3) is 0 Å². The normalized spacial score (nSPS) is 11.4. The molecule has 0 saturated heterocycles. The second-order valence-corrected chi connectivity index (χ2v) is 6.81. The first kappa shape index (κ1) is 22.2. The monoisotopic (exact) mass is 400 g/mol. The van der Waals surface area contributed by atoms with Crippen molar-refractivity contribution in [2.24, 2.45) is 0 Å². The van der Waals surface area contributed by atoms with Crippen LogP contribution in [0.3, 0.4) is 0 Å². The number of methoxy groups -OCH3 is 2. The first-order valence-electron chi connectivity index (χ1n) is 9.67. The number of ether oxygens (including phenoxy) is 2. The average molecular weight is 400 g/mol. The van der Waals surface area contributed by atoms with Gasteiger partial charge in [-0.25, -0.2) is 0 Å². The quantitative estimate of drug-likeness (QED) is 0.559. The second-order valence-electron chi connectivity index (χ2n) is 6.81. The number of rotatable bonds is 10. The van der Waals surface area contributed by atoms with Gasteiger partial charge in [-0.2, -0.15) is 0 Å². The Balaban J connectivity index is 1.86. The van der Waals surface area contributed by atoms with Gasteiger partial charge in [-0.05, 0) is 42.8 Å². The summed E-state index contributed by atoms with van der Waals surface area (Å²) in [6, 6.07) is 12.8. The van der Waals surface area contributed by atoms with Crippen molar-refractivity contribution >= 4 is 17.5 Å². The highest BCUT2D eigenvalue weighted by Crippen LogP contribution is 2.27. The lowest BCUT2D eigenvalue weighted by atomic mass is 10.1. The van der Waals surface area contributed by atoms with E-state index in [9.17, 15) is 9.59 Å². The molecule has 0 bridgehead atoms. The summed E-state index contributed by atoms with van der Waals surface area (Å²) < 4.78 is 10.6. The second kappa shape index (κ2) is 11.1. The fourth-order valence-electron chi connectivity index (χ4n) is 2.96. The number of hydrogen-bond donors (Lipinski definition) is 3. The van der Waals surface area contributed by atoms with Gasteiger partial charge in [0.05, 0.1) is 27.8 Å². The van der Waals surface area contributed by atoms with Crippen molar-refractivity contribution in [1.29, 1.82) is 0 Å². The molecule has 7 nitrogen and oxygen atoms in total. The Morgan fingerprint density at radius 2 is 1.79 bits per heavy atom. The highest BCUT2D eigenvalue weighted by molar-refractivity contribution is 5.97. The SMILES string of the molecule is CCNC(=O)c1cccc(NC(=O)C[NH+](C)CCc2ccc(OC)c(OC)c2)c1. The van der Waals surface area contributed by atoms with Gasteiger partial charge in [-0.15, -0.1) is 0 Å². The van der Waals surface area contributed by atoms with Crippen LogP contribution < -0.4 is 25.0 Å². The van der Waals surface area contributed by atoms with Crippen LogP contribution in [0.2, 0.25) is 0 Å². The summed E-state index contributed by atoms with van der Waals surface area (Å²) in [5.74, 6) is 1.16. The molecule has 0 aliphatic heterocycles. The predicted molar refractivity (Wildman–Crippen MR) is 113 cm³/mol. The third-order valence-corrected chi connectivity index (χ3v) is 4.50. The van der Waals surface area contributed by atoms with E-state index in [4.69, 9.17) is 9.47 Å². The first-order chi connectivity index (χ1) is 14.0. The smallest absolute Gasteiger partial charge is 0.279 e. The number of anilines is 1. The lowest BCUT2D eigenvalue weighted by Gasteiger charge is -2.15. The maximum atomic E-state index is 12.4. The highest BCUT2D eigenvalue weighted by Gasteiger charge is 2.12. The van der Waals surface area contributed by atoms with E-state index >= 15 is 0 Å². The molecular formula is C22H30N3O4+. The zero-order valence-electron chi connectivity index (χ0n) is 17.5. The van der Waals surface area contributed by atoms with Crippen LogP contribution in [0.15, 0.2) is 42.5 Å². The van der Waals surface area contributed by atoms with Crippen molar-refractivity contribution in [3.8, 4) is 11.5 Å². The lowest BCUT2D eigenvalue weighted by molar-refractivity contribution is -0.870. The summed E-state index contributed by atoms with van der Waals surface area (Å²) in [6.07, 6.45) is 0.812.